The molecule has 1 aliphatic heterocycles. The van der Waals surface area contributed by atoms with E-state index in [0.29, 0.717) is 41.6 Å². The summed E-state index contributed by atoms with van der Waals surface area (Å²) in [7, 11) is 0. The van der Waals surface area contributed by atoms with Crippen LogP contribution in [0.5, 0.6) is 11.8 Å². The van der Waals surface area contributed by atoms with Crippen LogP contribution >= 0.6 is 23.1 Å². The molecule has 5 rings (SSSR count). The Morgan fingerprint density at radius 2 is 2.12 bits per heavy atom. The number of hydrogen-bond acceptors (Lipinski definition) is 9. The van der Waals surface area contributed by atoms with E-state index >= 15 is 0 Å². The Morgan fingerprint density at radius 3 is 2.94 bits per heavy atom. The molecule has 1 aromatic carbocycles. The molecule has 1 amide bonds. The van der Waals surface area contributed by atoms with E-state index in [1.807, 2.05) is 44.4 Å². The Bertz CT molecular complexity index is 1360. The molecule has 1 aliphatic rings. The number of carbonyl (C=O) groups excluding carboxylic acids is 1. The van der Waals surface area contributed by atoms with Gasteiger partial charge in [-0.3, -0.25) is 4.79 Å². The highest BCUT2D eigenvalue weighted by Crippen LogP contribution is 2.41. The van der Waals surface area contributed by atoms with E-state index in [2.05, 4.69) is 20.6 Å². The molecule has 10 heteroatoms. The number of anilines is 1. The summed E-state index contributed by atoms with van der Waals surface area (Å²) in [6.07, 6.45) is 3.65. The minimum absolute atomic E-state index is 0.0417. The number of thioether (sulfide) groups is 1. The van der Waals surface area contributed by atoms with E-state index in [1.54, 1.807) is 6.20 Å². The molecule has 0 saturated heterocycles. The van der Waals surface area contributed by atoms with Gasteiger partial charge in [0.05, 0.1) is 23.4 Å². The summed E-state index contributed by atoms with van der Waals surface area (Å²) in [4.78, 5) is 26.9. The van der Waals surface area contributed by atoms with Crippen LogP contribution in [-0.4, -0.2) is 46.3 Å². The molecule has 0 bridgehead atoms. The van der Waals surface area contributed by atoms with Crippen molar-refractivity contribution in [3.8, 4) is 11.8 Å². The van der Waals surface area contributed by atoms with Crippen molar-refractivity contribution in [2.45, 2.75) is 31.7 Å². The molecule has 1 atom stereocenters. The van der Waals surface area contributed by atoms with Crippen molar-refractivity contribution in [3.05, 3.63) is 40.9 Å². The zero-order valence-corrected chi connectivity index (χ0v) is 20.1. The number of fused-ring (bicyclic) bond motifs is 5. The van der Waals surface area contributed by atoms with Gasteiger partial charge in [-0.1, -0.05) is 11.8 Å². The standard InChI is InChI=1S/C23H23N5O3S2/c1-4-30-11-13-10-25-23(32-3)28-22(13)31-17-8-5-14-15(27-17)6-7-16-18(14)19-20(33-16)21(29)26-12(2)9-24-19/h5-8,10,12,24H,4,9,11H2,1-3H3,(H,26,29)/t12-/m1/s1. The predicted molar refractivity (Wildman–Crippen MR) is 132 cm³/mol. The largest absolute Gasteiger partial charge is 0.420 e. The SMILES string of the molecule is CCOCc1cnc(SC)nc1Oc1ccc2c(ccc3sc4c(c32)NC[C@@H](C)NC4=O)n1. The van der Waals surface area contributed by atoms with Crippen LogP contribution in [0, 0.1) is 0 Å². The summed E-state index contributed by atoms with van der Waals surface area (Å²) in [5.74, 6) is 0.832. The number of thiophene rings is 1. The van der Waals surface area contributed by atoms with Gasteiger partial charge in [-0.15, -0.1) is 11.3 Å². The highest BCUT2D eigenvalue weighted by Gasteiger charge is 2.25. The number of ether oxygens (including phenoxy) is 2. The Morgan fingerprint density at radius 1 is 1.24 bits per heavy atom. The number of pyridine rings is 1. The predicted octanol–water partition coefficient (Wildman–Crippen LogP) is 4.83. The van der Waals surface area contributed by atoms with Gasteiger partial charge >= 0.3 is 0 Å². The van der Waals surface area contributed by atoms with Crippen LogP contribution in [0.4, 0.5) is 5.69 Å². The third-order valence-electron chi connectivity index (χ3n) is 5.31. The Labute approximate surface area is 199 Å². The smallest absolute Gasteiger partial charge is 0.263 e. The maximum Gasteiger partial charge on any atom is 0.263 e. The number of carbonyl (C=O) groups is 1. The molecule has 0 fully saturated rings. The highest BCUT2D eigenvalue weighted by atomic mass is 32.2. The first kappa shape index (κ1) is 21.9. The zero-order chi connectivity index (χ0) is 22.9. The van der Waals surface area contributed by atoms with Crippen LogP contribution in [-0.2, 0) is 11.3 Å². The van der Waals surface area contributed by atoms with Gasteiger partial charge in [0.1, 0.15) is 4.88 Å². The van der Waals surface area contributed by atoms with E-state index in [1.165, 1.54) is 23.1 Å². The van der Waals surface area contributed by atoms with Gasteiger partial charge in [0, 0.05) is 46.9 Å². The lowest BCUT2D eigenvalue weighted by Crippen LogP contribution is -2.34. The quantitative estimate of drug-likeness (QED) is 0.298. The number of rotatable bonds is 6. The molecule has 0 aliphatic carbocycles. The van der Waals surface area contributed by atoms with E-state index in [0.717, 1.165) is 32.2 Å². The van der Waals surface area contributed by atoms with Gasteiger partial charge in [0.15, 0.2) is 5.16 Å². The fourth-order valence-electron chi connectivity index (χ4n) is 3.74. The summed E-state index contributed by atoms with van der Waals surface area (Å²) < 4.78 is 12.7. The maximum atomic E-state index is 12.6. The minimum atomic E-state index is -0.0417. The molecule has 4 aromatic rings. The Kier molecular flexibility index (Phi) is 6.05. The number of hydrogen-bond donors (Lipinski definition) is 2. The molecule has 0 radical (unpaired) electrons. The summed E-state index contributed by atoms with van der Waals surface area (Å²) in [6.45, 7) is 5.55. The lowest BCUT2D eigenvalue weighted by molar-refractivity contribution is 0.0949. The average Bonchev–Trinajstić information content (AvgIpc) is 3.14. The zero-order valence-electron chi connectivity index (χ0n) is 18.5. The van der Waals surface area contributed by atoms with E-state index in [-0.39, 0.29) is 11.9 Å². The van der Waals surface area contributed by atoms with Gasteiger partial charge in [-0.25, -0.2) is 9.97 Å². The van der Waals surface area contributed by atoms with E-state index in [4.69, 9.17) is 14.5 Å². The monoisotopic (exact) mass is 481 g/mol. The lowest BCUT2D eigenvalue weighted by Gasteiger charge is -2.11. The van der Waals surface area contributed by atoms with Crippen LogP contribution < -0.4 is 15.4 Å². The molecule has 2 N–H and O–H groups in total. The summed E-state index contributed by atoms with van der Waals surface area (Å²) in [5, 5.41) is 9.07. The molecule has 33 heavy (non-hydrogen) atoms. The van der Waals surface area contributed by atoms with Crippen LogP contribution in [0.25, 0.3) is 21.0 Å². The normalized spacial score (nSPS) is 15.7. The van der Waals surface area contributed by atoms with Crippen LogP contribution in [0.15, 0.2) is 35.6 Å². The molecule has 8 nitrogen and oxygen atoms in total. The van der Waals surface area contributed by atoms with E-state index < -0.39 is 0 Å². The van der Waals surface area contributed by atoms with Gasteiger partial charge in [0.25, 0.3) is 5.91 Å². The van der Waals surface area contributed by atoms with Crippen molar-refractivity contribution in [3.63, 3.8) is 0 Å². The number of nitrogens with one attached hydrogen (secondary N) is 2. The lowest BCUT2D eigenvalue weighted by atomic mass is 10.1. The Balaban J connectivity index is 1.55. The second-order valence-electron chi connectivity index (χ2n) is 7.64. The van der Waals surface area contributed by atoms with Gasteiger partial charge < -0.3 is 20.1 Å². The number of aromatic nitrogens is 3. The van der Waals surface area contributed by atoms with Gasteiger partial charge in [-0.05, 0) is 38.3 Å². The molecular formula is C23H23N5O3S2. The van der Waals surface area contributed by atoms with Crippen LogP contribution in [0.3, 0.4) is 0 Å². The van der Waals surface area contributed by atoms with Crippen molar-refractivity contribution >= 4 is 55.7 Å². The molecule has 3 aromatic heterocycles. The van der Waals surface area contributed by atoms with Crippen LogP contribution in [0.1, 0.15) is 29.1 Å². The highest BCUT2D eigenvalue weighted by molar-refractivity contribution is 7.98. The summed E-state index contributed by atoms with van der Waals surface area (Å²) in [5.41, 5.74) is 2.42. The first-order valence-electron chi connectivity index (χ1n) is 10.6. The topological polar surface area (TPSA) is 98.3 Å². The molecule has 170 valence electrons. The third-order valence-corrected chi connectivity index (χ3v) is 7.03. The van der Waals surface area contributed by atoms with Crippen LogP contribution in [0.2, 0.25) is 0 Å². The van der Waals surface area contributed by atoms with Crippen molar-refractivity contribution in [2.75, 3.05) is 24.7 Å². The first-order chi connectivity index (χ1) is 16.1. The van der Waals surface area contributed by atoms with Gasteiger partial charge in [-0.2, -0.15) is 4.98 Å². The van der Waals surface area contributed by atoms with Crippen molar-refractivity contribution in [1.29, 1.82) is 0 Å². The summed E-state index contributed by atoms with van der Waals surface area (Å²) in [6, 6.07) is 7.83. The van der Waals surface area contributed by atoms with Crippen molar-refractivity contribution in [2.24, 2.45) is 0 Å². The number of nitrogens with zero attached hydrogens (tertiary/aromatic N) is 3. The third kappa shape index (κ3) is 4.21. The molecule has 0 unspecified atom stereocenters. The Hall–Kier alpha value is -2.95. The van der Waals surface area contributed by atoms with Crippen molar-refractivity contribution in [1.82, 2.24) is 20.3 Å². The molecule has 0 saturated carbocycles. The minimum Gasteiger partial charge on any atom is -0.420 e. The van der Waals surface area contributed by atoms with E-state index in [9.17, 15) is 4.79 Å². The van der Waals surface area contributed by atoms with Crippen molar-refractivity contribution < 1.29 is 14.3 Å². The average molecular weight is 482 g/mol. The fourth-order valence-corrected chi connectivity index (χ4v) is 5.17. The molecule has 0 spiro atoms. The number of benzene rings is 1. The second kappa shape index (κ2) is 9.12. The second-order valence-corrected chi connectivity index (χ2v) is 9.47. The first-order valence-corrected chi connectivity index (χ1v) is 12.7. The summed E-state index contributed by atoms with van der Waals surface area (Å²) >= 11 is 2.94. The molecule has 4 heterocycles. The fraction of sp³-hybridized carbons (Fsp3) is 0.304. The molecular weight excluding hydrogens is 458 g/mol. The van der Waals surface area contributed by atoms with Gasteiger partial charge in [0.2, 0.25) is 11.8 Å². The number of amides is 1. The maximum absolute atomic E-state index is 12.6.